The van der Waals surface area contributed by atoms with Gasteiger partial charge in [-0.15, -0.1) is 0 Å². The molecule has 1 saturated heterocycles. The lowest BCUT2D eigenvalue weighted by molar-refractivity contribution is 0.198. The summed E-state index contributed by atoms with van der Waals surface area (Å²) in [5.74, 6) is -0.266. The highest BCUT2D eigenvalue weighted by Gasteiger charge is 2.26. The fraction of sp³-hybridized carbons (Fsp3) is 0.250. The van der Waals surface area contributed by atoms with Gasteiger partial charge < -0.3 is 4.90 Å². The summed E-state index contributed by atoms with van der Waals surface area (Å²) in [7, 11) is 0. The standard InChI is InChI=1S/C16H15Cl2FN2/c1-11-5-6-21-8-7-20(10-15(21)16(11)18)9-12-13(17)3-2-4-14(12)19/h2-6H,1,7-10H2. The van der Waals surface area contributed by atoms with Crippen molar-refractivity contribution in [2.24, 2.45) is 0 Å². The summed E-state index contributed by atoms with van der Waals surface area (Å²) in [6.45, 7) is 6.70. The highest BCUT2D eigenvalue weighted by Crippen LogP contribution is 2.30. The van der Waals surface area contributed by atoms with Gasteiger partial charge in [-0.05, 0) is 23.8 Å². The zero-order chi connectivity index (χ0) is 15.0. The molecule has 0 bridgehead atoms. The molecule has 0 atom stereocenters. The maximum absolute atomic E-state index is 13.9. The van der Waals surface area contributed by atoms with Crippen molar-refractivity contribution in [3.05, 3.63) is 69.8 Å². The van der Waals surface area contributed by atoms with Crippen molar-refractivity contribution in [3.8, 4) is 0 Å². The van der Waals surface area contributed by atoms with Gasteiger partial charge in [0.2, 0.25) is 0 Å². The first-order valence-electron chi connectivity index (χ1n) is 6.74. The summed E-state index contributed by atoms with van der Waals surface area (Å²) in [6.07, 6.45) is 3.91. The molecule has 2 aliphatic heterocycles. The third-order valence-electron chi connectivity index (χ3n) is 3.81. The molecule has 0 saturated carbocycles. The molecular weight excluding hydrogens is 310 g/mol. The molecule has 2 aliphatic rings. The van der Waals surface area contributed by atoms with Gasteiger partial charge >= 0.3 is 0 Å². The number of nitrogens with zero attached hydrogens (tertiary/aromatic N) is 2. The highest BCUT2D eigenvalue weighted by molar-refractivity contribution is 6.32. The number of fused-ring (bicyclic) bond motifs is 1. The van der Waals surface area contributed by atoms with Crippen LogP contribution in [0.3, 0.4) is 0 Å². The van der Waals surface area contributed by atoms with Crippen LogP contribution >= 0.6 is 23.2 Å². The Kier molecular flexibility index (Phi) is 4.07. The summed E-state index contributed by atoms with van der Waals surface area (Å²) >= 11 is 12.4. The number of halogens is 3. The van der Waals surface area contributed by atoms with E-state index < -0.39 is 0 Å². The van der Waals surface area contributed by atoms with Gasteiger partial charge in [0, 0.05) is 43.0 Å². The Labute approximate surface area is 133 Å². The summed E-state index contributed by atoms with van der Waals surface area (Å²) in [5, 5.41) is 1.15. The van der Waals surface area contributed by atoms with Crippen molar-refractivity contribution < 1.29 is 4.39 Å². The first-order valence-corrected chi connectivity index (χ1v) is 7.50. The predicted molar refractivity (Wildman–Crippen MR) is 84.6 cm³/mol. The molecule has 1 fully saturated rings. The van der Waals surface area contributed by atoms with Crippen molar-refractivity contribution in [2.45, 2.75) is 6.54 Å². The van der Waals surface area contributed by atoms with Crippen molar-refractivity contribution in [1.29, 1.82) is 0 Å². The van der Waals surface area contributed by atoms with Crippen LogP contribution in [0.25, 0.3) is 0 Å². The lowest BCUT2D eigenvalue weighted by Gasteiger charge is -2.38. The van der Waals surface area contributed by atoms with Gasteiger partial charge in [0.25, 0.3) is 0 Å². The normalized spacial score (nSPS) is 19.2. The molecule has 0 N–H and O–H groups in total. The van der Waals surface area contributed by atoms with Gasteiger partial charge in [0.1, 0.15) is 5.82 Å². The minimum atomic E-state index is -0.266. The molecule has 0 aromatic heterocycles. The molecule has 0 radical (unpaired) electrons. The summed E-state index contributed by atoms with van der Waals surface area (Å²) in [4.78, 5) is 4.27. The van der Waals surface area contributed by atoms with E-state index in [1.807, 2.05) is 12.3 Å². The molecule has 0 unspecified atom stereocenters. The van der Waals surface area contributed by atoms with E-state index in [1.165, 1.54) is 6.07 Å². The van der Waals surface area contributed by atoms with E-state index in [0.717, 1.165) is 24.4 Å². The van der Waals surface area contributed by atoms with Crippen LogP contribution in [0.2, 0.25) is 5.02 Å². The average molecular weight is 325 g/mol. The van der Waals surface area contributed by atoms with Gasteiger partial charge in [-0.25, -0.2) is 4.39 Å². The van der Waals surface area contributed by atoms with Gasteiger partial charge in [0.05, 0.1) is 10.7 Å². The quantitative estimate of drug-likeness (QED) is 0.807. The van der Waals surface area contributed by atoms with Crippen molar-refractivity contribution >= 4 is 23.2 Å². The molecule has 2 heterocycles. The van der Waals surface area contributed by atoms with E-state index in [0.29, 0.717) is 28.7 Å². The topological polar surface area (TPSA) is 6.48 Å². The minimum Gasteiger partial charge on any atom is -0.348 e. The number of hydrogen-bond acceptors (Lipinski definition) is 2. The smallest absolute Gasteiger partial charge is 0.129 e. The molecule has 0 aliphatic carbocycles. The number of piperazine rings is 1. The van der Waals surface area contributed by atoms with Gasteiger partial charge in [-0.2, -0.15) is 0 Å². The van der Waals surface area contributed by atoms with Gasteiger partial charge in [-0.1, -0.05) is 35.8 Å². The largest absolute Gasteiger partial charge is 0.348 e. The van der Waals surface area contributed by atoms with E-state index in [-0.39, 0.29) is 5.82 Å². The van der Waals surface area contributed by atoms with Crippen LogP contribution in [0, 0.1) is 5.82 Å². The van der Waals surface area contributed by atoms with Crippen LogP contribution < -0.4 is 0 Å². The van der Waals surface area contributed by atoms with Gasteiger partial charge in [-0.3, -0.25) is 4.90 Å². The molecule has 21 heavy (non-hydrogen) atoms. The zero-order valence-electron chi connectivity index (χ0n) is 11.5. The molecule has 3 rings (SSSR count). The van der Waals surface area contributed by atoms with Crippen LogP contribution in [0.5, 0.6) is 0 Å². The van der Waals surface area contributed by atoms with E-state index in [9.17, 15) is 4.39 Å². The SMILES string of the molecule is C=C1C=CN2CCN(Cc3c(F)cccc3Cl)CC2=C1Cl. The Morgan fingerprint density at radius 1 is 1.24 bits per heavy atom. The van der Waals surface area contributed by atoms with E-state index in [4.69, 9.17) is 23.2 Å². The van der Waals surface area contributed by atoms with Crippen LogP contribution in [0.1, 0.15) is 5.56 Å². The van der Waals surface area contributed by atoms with E-state index in [1.54, 1.807) is 12.1 Å². The van der Waals surface area contributed by atoms with Crippen molar-refractivity contribution in [3.63, 3.8) is 0 Å². The number of allylic oxidation sites excluding steroid dienone is 3. The second kappa shape index (κ2) is 5.84. The van der Waals surface area contributed by atoms with Gasteiger partial charge in [0.15, 0.2) is 0 Å². The van der Waals surface area contributed by atoms with E-state index >= 15 is 0 Å². The number of hydrogen-bond donors (Lipinski definition) is 0. The Morgan fingerprint density at radius 2 is 2.05 bits per heavy atom. The molecule has 2 nitrogen and oxygen atoms in total. The number of rotatable bonds is 2. The Bertz CT molecular complexity index is 631. The third kappa shape index (κ3) is 2.86. The minimum absolute atomic E-state index is 0.266. The second-order valence-corrected chi connectivity index (χ2v) is 5.99. The summed E-state index contributed by atoms with van der Waals surface area (Å²) in [5.41, 5.74) is 2.37. The lowest BCUT2D eigenvalue weighted by atomic mass is 10.1. The monoisotopic (exact) mass is 324 g/mol. The molecule has 1 aromatic rings. The Morgan fingerprint density at radius 3 is 2.81 bits per heavy atom. The average Bonchev–Trinajstić information content (AvgIpc) is 2.47. The maximum Gasteiger partial charge on any atom is 0.129 e. The third-order valence-corrected chi connectivity index (χ3v) is 4.63. The zero-order valence-corrected chi connectivity index (χ0v) is 13.0. The van der Waals surface area contributed by atoms with E-state index in [2.05, 4.69) is 16.4 Å². The van der Waals surface area contributed by atoms with Crippen LogP contribution in [0.4, 0.5) is 4.39 Å². The van der Waals surface area contributed by atoms with Crippen molar-refractivity contribution in [2.75, 3.05) is 19.6 Å². The number of benzene rings is 1. The van der Waals surface area contributed by atoms with Crippen LogP contribution in [0.15, 0.2) is 53.4 Å². The fourth-order valence-corrected chi connectivity index (χ4v) is 3.06. The molecule has 0 spiro atoms. The fourth-order valence-electron chi connectivity index (χ4n) is 2.61. The molecule has 1 aromatic carbocycles. The lowest BCUT2D eigenvalue weighted by Crippen LogP contribution is -2.43. The second-order valence-electron chi connectivity index (χ2n) is 5.21. The van der Waals surface area contributed by atoms with Crippen molar-refractivity contribution in [1.82, 2.24) is 9.80 Å². The summed E-state index contributed by atoms with van der Waals surface area (Å²) < 4.78 is 13.9. The molecule has 5 heteroatoms. The Hall–Kier alpha value is -1.29. The highest BCUT2D eigenvalue weighted by atomic mass is 35.5. The van der Waals surface area contributed by atoms with Crippen LogP contribution in [-0.4, -0.2) is 29.4 Å². The Balaban J connectivity index is 1.80. The first kappa shape index (κ1) is 14.6. The predicted octanol–water partition coefficient (Wildman–Crippen LogP) is 4.13. The first-order chi connectivity index (χ1) is 10.1. The maximum atomic E-state index is 13.9. The van der Waals surface area contributed by atoms with Crippen LogP contribution in [-0.2, 0) is 6.54 Å². The molecule has 110 valence electrons. The molecule has 0 amide bonds. The summed E-state index contributed by atoms with van der Waals surface area (Å²) in [6, 6.07) is 4.77. The molecular formula is C16H15Cl2FN2.